The van der Waals surface area contributed by atoms with Gasteiger partial charge in [-0.15, -0.1) is 0 Å². The predicted octanol–water partition coefficient (Wildman–Crippen LogP) is 3.16. The van der Waals surface area contributed by atoms with Crippen molar-refractivity contribution in [3.05, 3.63) is 11.6 Å². The molecule has 74 valence electrons. The SMILES string of the molecule is C/C=C1\C[C@@H]2CC(OC(C)C)[C@H]1C2. The zero-order valence-electron chi connectivity index (χ0n) is 8.92. The van der Waals surface area contributed by atoms with Crippen LogP contribution in [0.1, 0.15) is 40.0 Å². The lowest BCUT2D eigenvalue weighted by molar-refractivity contribution is -0.0116. The van der Waals surface area contributed by atoms with Crippen LogP contribution in [0.3, 0.4) is 0 Å². The second-order valence-electron chi connectivity index (χ2n) is 4.73. The molecule has 1 nitrogen and oxygen atoms in total. The maximum absolute atomic E-state index is 5.94. The van der Waals surface area contributed by atoms with Gasteiger partial charge in [0.1, 0.15) is 0 Å². The highest BCUT2D eigenvalue weighted by Crippen LogP contribution is 2.49. The summed E-state index contributed by atoms with van der Waals surface area (Å²) < 4.78 is 5.94. The van der Waals surface area contributed by atoms with Crippen LogP contribution in [-0.4, -0.2) is 12.2 Å². The van der Waals surface area contributed by atoms with Crippen LogP contribution in [0.15, 0.2) is 11.6 Å². The third-order valence-corrected chi connectivity index (χ3v) is 3.42. The summed E-state index contributed by atoms with van der Waals surface area (Å²) in [4.78, 5) is 0. The Morgan fingerprint density at radius 1 is 1.38 bits per heavy atom. The largest absolute Gasteiger partial charge is 0.375 e. The lowest BCUT2D eigenvalue weighted by Crippen LogP contribution is -2.25. The van der Waals surface area contributed by atoms with Gasteiger partial charge in [-0.05, 0) is 46.0 Å². The van der Waals surface area contributed by atoms with Crippen LogP contribution >= 0.6 is 0 Å². The van der Waals surface area contributed by atoms with Crippen LogP contribution in [0, 0.1) is 11.8 Å². The summed E-state index contributed by atoms with van der Waals surface area (Å²) in [5.74, 6) is 1.69. The normalized spacial score (nSPS) is 40.9. The van der Waals surface area contributed by atoms with E-state index in [9.17, 15) is 0 Å². The van der Waals surface area contributed by atoms with Crippen molar-refractivity contribution in [3.63, 3.8) is 0 Å². The fourth-order valence-electron chi connectivity index (χ4n) is 2.97. The minimum atomic E-state index is 0.391. The molecule has 2 fully saturated rings. The highest BCUT2D eigenvalue weighted by atomic mass is 16.5. The first-order valence-electron chi connectivity index (χ1n) is 5.51. The molecule has 0 aliphatic heterocycles. The van der Waals surface area contributed by atoms with E-state index in [1.54, 1.807) is 5.57 Å². The van der Waals surface area contributed by atoms with Gasteiger partial charge in [-0.3, -0.25) is 0 Å². The van der Waals surface area contributed by atoms with Gasteiger partial charge in [0, 0.05) is 5.92 Å². The molecule has 13 heavy (non-hydrogen) atoms. The third kappa shape index (κ3) is 1.67. The number of hydrogen-bond acceptors (Lipinski definition) is 1. The topological polar surface area (TPSA) is 9.23 Å². The van der Waals surface area contributed by atoms with E-state index in [0.717, 1.165) is 11.8 Å². The van der Waals surface area contributed by atoms with Gasteiger partial charge in [0.2, 0.25) is 0 Å². The van der Waals surface area contributed by atoms with Crippen LogP contribution in [0.25, 0.3) is 0 Å². The monoisotopic (exact) mass is 180 g/mol. The zero-order chi connectivity index (χ0) is 9.42. The lowest BCUT2D eigenvalue weighted by atomic mass is 9.92. The van der Waals surface area contributed by atoms with Gasteiger partial charge in [-0.2, -0.15) is 0 Å². The fraction of sp³-hybridized carbons (Fsp3) is 0.833. The van der Waals surface area contributed by atoms with E-state index in [-0.39, 0.29) is 0 Å². The molecule has 0 aromatic carbocycles. The van der Waals surface area contributed by atoms with E-state index in [0.29, 0.717) is 12.2 Å². The second-order valence-corrected chi connectivity index (χ2v) is 4.73. The molecule has 1 heteroatoms. The summed E-state index contributed by atoms with van der Waals surface area (Å²) in [6.45, 7) is 6.45. The molecule has 0 saturated heterocycles. The van der Waals surface area contributed by atoms with E-state index in [4.69, 9.17) is 4.74 Å². The Bertz CT molecular complexity index is 217. The molecule has 0 spiro atoms. The van der Waals surface area contributed by atoms with Crippen LogP contribution < -0.4 is 0 Å². The summed E-state index contributed by atoms with van der Waals surface area (Å²) in [5.41, 5.74) is 1.65. The Morgan fingerprint density at radius 2 is 2.15 bits per heavy atom. The molecule has 0 N–H and O–H groups in total. The van der Waals surface area contributed by atoms with Crippen molar-refractivity contribution < 1.29 is 4.74 Å². The van der Waals surface area contributed by atoms with Crippen molar-refractivity contribution >= 4 is 0 Å². The highest BCUT2D eigenvalue weighted by Gasteiger charge is 2.43. The quantitative estimate of drug-likeness (QED) is 0.593. The van der Waals surface area contributed by atoms with E-state index in [1.807, 2.05) is 0 Å². The number of hydrogen-bond donors (Lipinski definition) is 0. The van der Waals surface area contributed by atoms with Crippen molar-refractivity contribution in [3.8, 4) is 0 Å². The molecule has 0 heterocycles. The van der Waals surface area contributed by atoms with E-state index < -0.39 is 0 Å². The van der Waals surface area contributed by atoms with Crippen LogP contribution in [0.5, 0.6) is 0 Å². The first-order valence-corrected chi connectivity index (χ1v) is 5.51. The molecule has 0 aromatic rings. The highest BCUT2D eigenvalue weighted by molar-refractivity contribution is 5.18. The molecule has 0 aromatic heterocycles. The second kappa shape index (κ2) is 3.45. The van der Waals surface area contributed by atoms with E-state index in [2.05, 4.69) is 26.8 Å². The fourth-order valence-corrected chi connectivity index (χ4v) is 2.97. The molecule has 2 rings (SSSR count). The van der Waals surface area contributed by atoms with Crippen LogP contribution in [0.4, 0.5) is 0 Å². The smallest absolute Gasteiger partial charge is 0.0646 e. The van der Waals surface area contributed by atoms with Crippen LogP contribution in [0.2, 0.25) is 0 Å². The predicted molar refractivity (Wildman–Crippen MR) is 54.6 cm³/mol. The van der Waals surface area contributed by atoms with Gasteiger partial charge < -0.3 is 4.74 Å². The number of rotatable bonds is 2. The minimum Gasteiger partial charge on any atom is -0.375 e. The third-order valence-electron chi connectivity index (χ3n) is 3.42. The van der Waals surface area contributed by atoms with Gasteiger partial charge >= 0.3 is 0 Å². The van der Waals surface area contributed by atoms with Crippen molar-refractivity contribution in [2.45, 2.75) is 52.2 Å². The maximum atomic E-state index is 5.94. The Hall–Kier alpha value is -0.300. The van der Waals surface area contributed by atoms with Crippen molar-refractivity contribution in [1.29, 1.82) is 0 Å². The van der Waals surface area contributed by atoms with E-state index >= 15 is 0 Å². The minimum absolute atomic E-state index is 0.391. The first kappa shape index (κ1) is 9.26. The molecule has 2 saturated carbocycles. The van der Waals surface area contributed by atoms with Crippen molar-refractivity contribution in [2.75, 3.05) is 0 Å². The summed E-state index contributed by atoms with van der Waals surface area (Å²) in [6.07, 6.45) is 7.27. The summed E-state index contributed by atoms with van der Waals surface area (Å²) >= 11 is 0. The average Bonchev–Trinajstić information content (AvgIpc) is 2.60. The molecular formula is C12H20O. The van der Waals surface area contributed by atoms with Gasteiger partial charge in [-0.25, -0.2) is 0 Å². The maximum Gasteiger partial charge on any atom is 0.0646 e. The van der Waals surface area contributed by atoms with Crippen molar-refractivity contribution in [2.24, 2.45) is 11.8 Å². The standard InChI is InChI=1S/C12H20O/c1-4-10-5-9-6-11(10)12(7-9)13-8(2)3/h4,8-9,11-12H,5-7H2,1-3H3/b10-4+/t9-,11-,12?/m0/s1. The number of fused-ring (bicyclic) bond motifs is 2. The summed E-state index contributed by atoms with van der Waals surface area (Å²) in [5, 5.41) is 0. The lowest BCUT2D eigenvalue weighted by Gasteiger charge is -2.26. The summed E-state index contributed by atoms with van der Waals surface area (Å²) in [7, 11) is 0. The van der Waals surface area contributed by atoms with Gasteiger partial charge in [0.15, 0.2) is 0 Å². The molecule has 2 bridgehead atoms. The number of ether oxygens (including phenoxy) is 1. The zero-order valence-corrected chi connectivity index (χ0v) is 8.92. The van der Waals surface area contributed by atoms with E-state index in [1.165, 1.54) is 19.3 Å². The molecule has 2 aliphatic rings. The first-order chi connectivity index (χ1) is 6.20. The van der Waals surface area contributed by atoms with Gasteiger partial charge in [-0.1, -0.05) is 11.6 Å². The number of allylic oxidation sites excluding steroid dienone is 1. The Morgan fingerprint density at radius 3 is 2.69 bits per heavy atom. The summed E-state index contributed by atoms with van der Waals surface area (Å²) in [6, 6.07) is 0. The van der Waals surface area contributed by atoms with Gasteiger partial charge in [0.25, 0.3) is 0 Å². The molecule has 1 unspecified atom stereocenters. The Labute approximate surface area is 81.2 Å². The molecule has 0 radical (unpaired) electrons. The Balaban J connectivity index is 2.02. The van der Waals surface area contributed by atoms with Crippen molar-refractivity contribution in [1.82, 2.24) is 0 Å². The molecular weight excluding hydrogens is 160 g/mol. The average molecular weight is 180 g/mol. The van der Waals surface area contributed by atoms with Gasteiger partial charge in [0.05, 0.1) is 12.2 Å². The van der Waals surface area contributed by atoms with Crippen LogP contribution in [-0.2, 0) is 4.74 Å². The molecule has 2 aliphatic carbocycles. The Kier molecular flexibility index (Phi) is 2.46. The molecule has 3 atom stereocenters. The molecule has 0 amide bonds.